The molecule has 1 N–H and O–H groups in total. The number of hydrogen-bond donors (Lipinski definition) is 1. The van der Waals surface area contributed by atoms with Crippen molar-refractivity contribution in [2.24, 2.45) is 0 Å². The van der Waals surface area contributed by atoms with Crippen LogP contribution in [0.1, 0.15) is 37.1 Å². The Hall–Kier alpha value is -0.870. The van der Waals surface area contributed by atoms with Crippen LogP contribution in [0.25, 0.3) is 0 Å². The molecule has 1 atom stereocenters. The molecule has 1 heterocycles. The first-order valence-corrected chi connectivity index (χ1v) is 6.99. The number of rotatable bonds is 7. The summed E-state index contributed by atoms with van der Waals surface area (Å²) in [6.07, 6.45) is 2.67. The fraction of sp³-hybridized carbons (Fsp3) is 0.615. The lowest BCUT2D eigenvalue weighted by Gasteiger charge is -2.23. The number of likely N-dealkylation sites (N-methyl/N-ethyl adjacent to an activating group) is 1. The predicted molar refractivity (Wildman–Crippen MR) is 73.3 cm³/mol. The van der Waals surface area contributed by atoms with Gasteiger partial charge in [0.2, 0.25) is 5.91 Å². The highest BCUT2D eigenvalue weighted by molar-refractivity contribution is 7.10. The van der Waals surface area contributed by atoms with Crippen molar-refractivity contribution >= 4 is 17.2 Å². The van der Waals surface area contributed by atoms with Gasteiger partial charge >= 0.3 is 0 Å². The van der Waals surface area contributed by atoms with Crippen molar-refractivity contribution in [1.29, 1.82) is 0 Å². The third-order valence-electron chi connectivity index (χ3n) is 2.74. The number of hydrogen-bond acceptors (Lipinski definition) is 3. The highest BCUT2D eigenvalue weighted by Crippen LogP contribution is 2.22. The molecule has 0 saturated heterocycles. The summed E-state index contributed by atoms with van der Waals surface area (Å²) in [6.45, 7) is 2.79. The maximum Gasteiger partial charge on any atom is 0.220 e. The molecular formula is C13H22N2OS. The third-order valence-corrected chi connectivity index (χ3v) is 3.72. The van der Waals surface area contributed by atoms with Crippen molar-refractivity contribution in [3.05, 3.63) is 22.4 Å². The van der Waals surface area contributed by atoms with E-state index in [0.717, 1.165) is 12.8 Å². The van der Waals surface area contributed by atoms with Crippen molar-refractivity contribution < 1.29 is 4.79 Å². The van der Waals surface area contributed by atoms with Crippen LogP contribution >= 0.6 is 11.3 Å². The summed E-state index contributed by atoms with van der Waals surface area (Å²) in [7, 11) is 4.09. The van der Waals surface area contributed by atoms with Crippen molar-refractivity contribution in [2.75, 3.05) is 20.6 Å². The van der Waals surface area contributed by atoms with E-state index in [0.29, 0.717) is 13.0 Å². The lowest BCUT2D eigenvalue weighted by Crippen LogP contribution is -2.34. The summed E-state index contributed by atoms with van der Waals surface area (Å²) < 4.78 is 0. The SMILES string of the molecule is CCCCC(=O)NCC(c1cccs1)N(C)C. The van der Waals surface area contributed by atoms with Gasteiger partial charge in [-0.25, -0.2) is 0 Å². The quantitative estimate of drug-likeness (QED) is 0.811. The van der Waals surface area contributed by atoms with Gasteiger partial charge in [0, 0.05) is 17.8 Å². The first-order chi connectivity index (χ1) is 8.15. The molecule has 0 radical (unpaired) electrons. The summed E-state index contributed by atoms with van der Waals surface area (Å²) in [6, 6.07) is 4.45. The second-order valence-corrected chi connectivity index (χ2v) is 5.38. The minimum absolute atomic E-state index is 0.162. The van der Waals surface area contributed by atoms with Crippen molar-refractivity contribution in [3.8, 4) is 0 Å². The molecule has 96 valence electrons. The summed E-state index contributed by atoms with van der Waals surface area (Å²) >= 11 is 1.74. The third kappa shape index (κ3) is 4.88. The number of nitrogens with zero attached hydrogens (tertiary/aromatic N) is 1. The van der Waals surface area contributed by atoms with Crippen LogP contribution < -0.4 is 5.32 Å². The molecule has 0 aliphatic rings. The molecule has 0 aliphatic carbocycles. The Bertz CT molecular complexity index is 322. The van der Waals surface area contributed by atoms with Crippen LogP contribution in [-0.2, 0) is 4.79 Å². The fourth-order valence-corrected chi connectivity index (χ4v) is 2.58. The number of carbonyl (C=O) groups excluding carboxylic acids is 1. The molecule has 1 amide bonds. The van der Waals surface area contributed by atoms with Gasteiger partial charge in [0.25, 0.3) is 0 Å². The van der Waals surface area contributed by atoms with Crippen LogP contribution in [-0.4, -0.2) is 31.4 Å². The van der Waals surface area contributed by atoms with Gasteiger partial charge < -0.3 is 10.2 Å². The van der Waals surface area contributed by atoms with Crippen LogP contribution in [0.15, 0.2) is 17.5 Å². The smallest absolute Gasteiger partial charge is 0.220 e. The minimum atomic E-state index is 0.162. The molecule has 3 nitrogen and oxygen atoms in total. The van der Waals surface area contributed by atoms with Gasteiger partial charge in [-0.1, -0.05) is 19.4 Å². The normalized spacial score (nSPS) is 12.7. The zero-order chi connectivity index (χ0) is 12.7. The second kappa shape index (κ2) is 7.45. The zero-order valence-corrected chi connectivity index (χ0v) is 11.7. The number of amides is 1. The average Bonchev–Trinajstić information content (AvgIpc) is 2.79. The second-order valence-electron chi connectivity index (χ2n) is 4.40. The molecular weight excluding hydrogens is 232 g/mol. The van der Waals surface area contributed by atoms with Gasteiger partial charge in [-0.3, -0.25) is 4.79 Å². The van der Waals surface area contributed by atoms with Crippen LogP contribution in [0, 0.1) is 0 Å². The van der Waals surface area contributed by atoms with E-state index < -0.39 is 0 Å². The van der Waals surface area contributed by atoms with E-state index in [4.69, 9.17) is 0 Å². The first kappa shape index (κ1) is 14.2. The average molecular weight is 254 g/mol. The molecule has 0 bridgehead atoms. The fourth-order valence-electron chi connectivity index (χ4n) is 1.65. The Morgan fingerprint density at radius 1 is 1.53 bits per heavy atom. The Balaban J connectivity index is 2.43. The molecule has 0 aromatic carbocycles. The maximum absolute atomic E-state index is 11.6. The predicted octanol–water partition coefficient (Wildman–Crippen LogP) is 2.66. The highest BCUT2D eigenvalue weighted by atomic mass is 32.1. The minimum Gasteiger partial charge on any atom is -0.354 e. The molecule has 0 saturated carbocycles. The lowest BCUT2D eigenvalue weighted by molar-refractivity contribution is -0.121. The summed E-state index contributed by atoms with van der Waals surface area (Å²) in [4.78, 5) is 15.0. The maximum atomic E-state index is 11.6. The van der Waals surface area contributed by atoms with Crippen molar-refractivity contribution in [1.82, 2.24) is 10.2 Å². The molecule has 0 spiro atoms. The zero-order valence-electron chi connectivity index (χ0n) is 10.9. The van der Waals surface area contributed by atoms with Gasteiger partial charge in [0.1, 0.15) is 0 Å². The van der Waals surface area contributed by atoms with Crippen LogP contribution in [0.3, 0.4) is 0 Å². The monoisotopic (exact) mass is 254 g/mol. The first-order valence-electron chi connectivity index (χ1n) is 6.11. The Labute approximate surface area is 108 Å². The van der Waals surface area contributed by atoms with E-state index in [1.165, 1.54) is 4.88 Å². The van der Waals surface area contributed by atoms with Gasteiger partial charge in [-0.2, -0.15) is 0 Å². The standard InChI is InChI=1S/C13H22N2OS/c1-4-5-8-13(16)14-10-11(15(2)3)12-7-6-9-17-12/h6-7,9,11H,4-5,8,10H2,1-3H3,(H,14,16). The van der Waals surface area contributed by atoms with E-state index in [1.54, 1.807) is 11.3 Å². The largest absolute Gasteiger partial charge is 0.354 e. The van der Waals surface area contributed by atoms with Crippen LogP contribution in [0.5, 0.6) is 0 Å². The molecule has 17 heavy (non-hydrogen) atoms. The number of carbonyl (C=O) groups is 1. The van der Waals surface area contributed by atoms with E-state index in [9.17, 15) is 4.79 Å². The molecule has 1 aromatic heterocycles. The Kier molecular flexibility index (Phi) is 6.22. The topological polar surface area (TPSA) is 32.3 Å². The van der Waals surface area contributed by atoms with Crippen LogP contribution in [0.2, 0.25) is 0 Å². The lowest BCUT2D eigenvalue weighted by atomic mass is 10.2. The van der Waals surface area contributed by atoms with Gasteiger partial charge in [-0.15, -0.1) is 11.3 Å². The summed E-state index contributed by atoms with van der Waals surface area (Å²) in [5.74, 6) is 0.162. The molecule has 4 heteroatoms. The van der Waals surface area contributed by atoms with Crippen molar-refractivity contribution in [3.63, 3.8) is 0 Å². The summed E-state index contributed by atoms with van der Waals surface area (Å²) in [5.41, 5.74) is 0. The molecule has 1 aromatic rings. The highest BCUT2D eigenvalue weighted by Gasteiger charge is 2.15. The molecule has 0 aliphatic heterocycles. The van der Waals surface area contributed by atoms with E-state index in [-0.39, 0.29) is 11.9 Å². The Morgan fingerprint density at radius 2 is 2.29 bits per heavy atom. The molecule has 1 rings (SSSR count). The van der Waals surface area contributed by atoms with E-state index in [2.05, 4.69) is 34.7 Å². The number of thiophene rings is 1. The molecule has 0 fully saturated rings. The van der Waals surface area contributed by atoms with Gasteiger partial charge in [0.15, 0.2) is 0 Å². The van der Waals surface area contributed by atoms with E-state index >= 15 is 0 Å². The number of unbranched alkanes of at least 4 members (excludes halogenated alkanes) is 1. The summed E-state index contributed by atoms with van der Waals surface area (Å²) in [5, 5.41) is 5.09. The van der Waals surface area contributed by atoms with Gasteiger partial charge in [-0.05, 0) is 32.0 Å². The van der Waals surface area contributed by atoms with E-state index in [1.807, 2.05) is 14.1 Å². The van der Waals surface area contributed by atoms with Crippen LogP contribution in [0.4, 0.5) is 0 Å². The van der Waals surface area contributed by atoms with Gasteiger partial charge in [0.05, 0.1) is 6.04 Å². The number of nitrogens with one attached hydrogen (secondary N) is 1. The van der Waals surface area contributed by atoms with Crippen molar-refractivity contribution in [2.45, 2.75) is 32.2 Å². The Morgan fingerprint density at radius 3 is 2.82 bits per heavy atom. The molecule has 1 unspecified atom stereocenters.